The average molecular weight is 368 g/mol. The zero-order valence-corrected chi connectivity index (χ0v) is 13.7. The molecule has 0 aromatic heterocycles. The number of aliphatic hydroxyl groups is 2. The van der Waals surface area contributed by atoms with Crippen LogP contribution in [0.5, 0.6) is 11.5 Å². The van der Waals surface area contributed by atoms with Crippen molar-refractivity contribution in [3.05, 3.63) is 40.9 Å². The SMILES string of the molecule is COc1ccc(Br)c(NCC(O)CO)c1-c1ccccc1O. The first-order chi connectivity index (χ1) is 10.6. The Hall–Kier alpha value is -1.76. The number of nitrogens with one attached hydrogen (secondary N) is 1. The van der Waals surface area contributed by atoms with E-state index in [9.17, 15) is 10.2 Å². The lowest BCUT2D eigenvalue weighted by molar-refractivity contribution is 0.105. The Labute approximate surface area is 137 Å². The second-order valence-corrected chi connectivity index (χ2v) is 5.59. The molecular formula is C16H18BrNO4. The molecule has 0 amide bonds. The summed E-state index contributed by atoms with van der Waals surface area (Å²) in [6.07, 6.45) is -0.879. The van der Waals surface area contributed by atoms with Gasteiger partial charge < -0.3 is 25.4 Å². The fourth-order valence-corrected chi connectivity index (χ4v) is 2.61. The van der Waals surface area contributed by atoms with Crippen LogP contribution >= 0.6 is 15.9 Å². The number of aliphatic hydroxyl groups excluding tert-OH is 2. The standard InChI is InChI=1S/C16H18BrNO4/c1-22-14-7-6-12(17)16(18-8-10(20)9-19)15(14)11-4-2-3-5-13(11)21/h2-7,10,18-21H,8-9H2,1H3. The first-order valence-electron chi connectivity index (χ1n) is 6.76. The number of rotatable bonds is 6. The first kappa shape index (κ1) is 16.6. The van der Waals surface area contributed by atoms with Gasteiger partial charge in [-0.3, -0.25) is 0 Å². The van der Waals surface area contributed by atoms with E-state index in [-0.39, 0.29) is 18.9 Å². The molecule has 0 aliphatic carbocycles. The molecule has 0 bridgehead atoms. The van der Waals surface area contributed by atoms with E-state index in [1.165, 1.54) is 0 Å². The number of ether oxygens (including phenoxy) is 1. The number of benzene rings is 2. The Balaban J connectivity index is 2.54. The summed E-state index contributed by atoms with van der Waals surface area (Å²) in [7, 11) is 1.55. The number of phenolic OH excluding ortho intramolecular Hbond substituents is 1. The fourth-order valence-electron chi connectivity index (χ4n) is 2.14. The van der Waals surface area contributed by atoms with Crippen molar-refractivity contribution in [2.24, 2.45) is 0 Å². The summed E-state index contributed by atoms with van der Waals surface area (Å²) in [6.45, 7) is -0.163. The van der Waals surface area contributed by atoms with E-state index >= 15 is 0 Å². The van der Waals surface area contributed by atoms with E-state index in [0.29, 0.717) is 22.6 Å². The van der Waals surface area contributed by atoms with Crippen molar-refractivity contribution in [1.82, 2.24) is 0 Å². The molecule has 2 rings (SSSR count). The number of anilines is 1. The van der Waals surface area contributed by atoms with Gasteiger partial charge in [-0.15, -0.1) is 0 Å². The van der Waals surface area contributed by atoms with Crippen LogP contribution in [0.3, 0.4) is 0 Å². The number of hydrogen-bond acceptors (Lipinski definition) is 5. The number of aromatic hydroxyl groups is 1. The van der Waals surface area contributed by atoms with Gasteiger partial charge in [0.1, 0.15) is 11.5 Å². The van der Waals surface area contributed by atoms with E-state index in [4.69, 9.17) is 9.84 Å². The molecule has 5 nitrogen and oxygen atoms in total. The van der Waals surface area contributed by atoms with Crippen molar-refractivity contribution >= 4 is 21.6 Å². The number of hydrogen-bond donors (Lipinski definition) is 4. The first-order valence-corrected chi connectivity index (χ1v) is 7.55. The van der Waals surface area contributed by atoms with Gasteiger partial charge in [0, 0.05) is 16.6 Å². The summed E-state index contributed by atoms with van der Waals surface area (Å²) < 4.78 is 6.16. The van der Waals surface area contributed by atoms with Gasteiger partial charge in [-0.05, 0) is 34.1 Å². The molecule has 0 spiro atoms. The van der Waals surface area contributed by atoms with Gasteiger partial charge in [-0.1, -0.05) is 18.2 Å². The van der Waals surface area contributed by atoms with Crippen LogP contribution in [-0.2, 0) is 0 Å². The second-order valence-electron chi connectivity index (χ2n) is 4.73. The summed E-state index contributed by atoms with van der Waals surface area (Å²) in [5.41, 5.74) is 1.97. The molecule has 4 N–H and O–H groups in total. The maximum atomic E-state index is 10.1. The molecule has 0 aliphatic rings. The van der Waals surface area contributed by atoms with E-state index in [0.717, 1.165) is 4.47 Å². The normalized spacial score (nSPS) is 12.0. The van der Waals surface area contributed by atoms with E-state index in [1.807, 2.05) is 12.1 Å². The van der Waals surface area contributed by atoms with Crippen molar-refractivity contribution < 1.29 is 20.1 Å². The van der Waals surface area contributed by atoms with Gasteiger partial charge >= 0.3 is 0 Å². The van der Waals surface area contributed by atoms with Crippen LogP contribution in [0, 0.1) is 0 Å². The highest BCUT2D eigenvalue weighted by molar-refractivity contribution is 9.10. The van der Waals surface area contributed by atoms with Crippen molar-refractivity contribution in [3.63, 3.8) is 0 Å². The number of phenols is 1. The molecule has 0 radical (unpaired) electrons. The minimum Gasteiger partial charge on any atom is -0.507 e. The zero-order chi connectivity index (χ0) is 16.1. The van der Waals surface area contributed by atoms with Crippen LogP contribution in [0.1, 0.15) is 0 Å². The predicted molar refractivity (Wildman–Crippen MR) is 89.4 cm³/mol. The van der Waals surface area contributed by atoms with E-state index < -0.39 is 6.10 Å². The Morgan fingerprint density at radius 1 is 1.23 bits per heavy atom. The van der Waals surface area contributed by atoms with E-state index in [2.05, 4.69) is 21.2 Å². The lowest BCUT2D eigenvalue weighted by atomic mass is 10.0. The quantitative estimate of drug-likeness (QED) is 0.630. The largest absolute Gasteiger partial charge is 0.507 e. The molecule has 118 valence electrons. The van der Waals surface area contributed by atoms with Gasteiger partial charge in [-0.2, -0.15) is 0 Å². The molecule has 0 aliphatic heterocycles. The van der Waals surface area contributed by atoms with Crippen LogP contribution < -0.4 is 10.1 Å². The molecule has 2 aromatic carbocycles. The summed E-state index contributed by atoms with van der Waals surface area (Å²) in [6, 6.07) is 10.6. The van der Waals surface area contributed by atoms with Crippen LogP contribution in [0.2, 0.25) is 0 Å². The van der Waals surface area contributed by atoms with Crippen LogP contribution in [-0.4, -0.2) is 41.7 Å². The van der Waals surface area contributed by atoms with Crippen molar-refractivity contribution in [3.8, 4) is 22.6 Å². The van der Waals surface area contributed by atoms with Gasteiger partial charge in [0.05, 0.1) is 31.1 Å². The van der Waals surface area contributed by atoms with Gasteiger partial charge in [0.2, 0.25) is 0 Å². The van der Waals surface area contributed by atoms with Crippen LogP contribution in [0.15, 0.2) is 40.9 Å². The highest BCUT2D eigenvalue weighted by Crippen LogP contribution is 2.44. The minimum atomic E-state index is -0.879. The van der Waals surface area contributed by atoms with Gasteiger partial charge in [0.15, 0.2) is 0 Å². The number of methoxy groups -OCH3 is 1. The summed E-state index contributed by atoms with van der Waals surface area (Å²) in [5, 5.41) is 31.7. The maximum absolute atomic E-state index is 10.1. The smallest absolute Gasteiger partial charge is 0.128 e. The minimum absolute atomic E-state index is 0.129. The van der Waals surface area contributed by atoms with Crippen LogP contribution in [0.4, 0.5) is 5.69 Å². The Kier molecular flexibility index (Phi) is 5.65. The third kappa shape index (κ3) is 3.52. The third-order valence-electron chi connectivity index (χ3n) is 3.23. The summed E-state index contributed by atoms with van der Waals surface area (Å²) in [5.74, 6) is 0.718. The lowest BCUT2D eigenvalue weighted by Crippen LogP contribution is -2.23. The molecule has 0 heterocycles. The molecule has 0 saturated carbocycles. The summed E-state index contributed by atoms with van der Waals surface area (Å²) in [4.78, 5) is 0. The molecule has 6 heteroatoms. The molecule has 2 aromatic rings. The second kappa shape index (κ2) is 7.49. The van der Waals surface area contributed by atoms with Gasteiger partial charge in [-0.25, -0.2) is 0 Å². The highest BCUT2D eigenvalue weighted by Gasteiger charge is 2.18. The maximum Gasteiger partial charge on any atom is 0.128 e. The topological polar surface area (TPSA) is 82.0 Å². The average Bonchev–Trinajstić information content (AvgIpc) is 2.53. The van der Waals surface area contributed by atoms with Crippen molar-refractivity contribution in [2.45, 2.75) is 6.10 Å². The fraction of sp³-hybridized carbons (Fsp3) is 0.250. The van der Waals surface area contributed by atoms with Crippen molar-refractivity contribution in [1.29, 1.82) is 0 Å². The summed E-state index contributed by atoms with van der Waals surface area (Å²) >= 11 is 3.46. The monoisotopic (exact) mass is 367 g/mol. The number of para-hydroxylation sites is 1. The highest BCUT2D eigenvalue weighted by atomic mass is 79.9. The lowest BCUT2D eigenvalue weighted by Gasteiger charge is -2.19. The van der Waals surface area contributed by atoms with Gasteiger partial charge in [0.25, 0.3) is 0 Å². The van der Waals surface area contributed by atoms with Crippen LogP contribution in [0.25, 0.3) is 11.1 Å². The zero-order valence-electron chi connectivity index (χ0n) is 12.1. The predicted octanol–water partition coefficient (Wildman–Crippen LogP) is 2.60. The Morgan fingerprint density at radius 2 is 1.95 bits per heavy atom. The third-order valence-corrected chi connectivity index (χ3v) is 3.90. The molecule has 1 atom stereocenters. The van der Waals surface area contributed by atoms with E-state index in [1.54, 1.807) is 31.4 Å². The molecular weight excluding hydrogens is 350 g/mol. The molecule has 1 unspecified atom stereocenters. The Bertz CT molecular complexity index is 648. The molecule has 0 saturated heterocycles. The molecule has 22 heavy (non-hydrogen) atoms. The number of halogens is 1. The Morgan fingerprint density at radius 3 is 2.59 bits per heavy atom. The molecule has 0 fully saturated rings. The van der Waals surface area contributed by atoms with Crippen molar-refractivity contribution in [2.75, 3.05) is 25.6 Å².